The lowest BCUT2D eigenvalue weighted by Gasteiger charge is -2.31. The third kappa shape index (κ3) is 1.98. The van der Waals surface area contributed by atoms with Crippen molar-refractivity contribution >= 4 is 12.0 Å². The molecule has 2 saturated heterocycles. The molecule has 2 aliphatic heterocycles. The lowest BCUT2D eigenvalue weighted by atomic mass is 9.81. The Labute approximate surface area is 112 Å². The summed E-state index contributed by atoms with van der Waals surface area (Å²) >= 11 is 0. The number of likely N-dealkylation sites (tertiary alicyclic amines) is 1. The Morgan fingerprint density at radius 3 is 2.58 bits per heavy atom. The maximum atomic E-state index is 12.4. The molecule has 0 aromatic rings. The van der Waals surface area contributed by atoms with E-state index in [4.69, 9.17) is 4.74 Å². The number of urea groups is 1. The van der Waals surface area contributed by atoms with Crippen molar-refractivity contribution in [2.45, 2.75) is 19.3 Å². The summed E-state index contributed by atoms with van der Waals surface area (Å²) in [5, 5.41) is 9.51. The van der Waals surface area contributed by atoms with E-state index in [1.807, 2.05) is 0 Å². The molecular weight excluding hydrogens is 248 g/mol. The third-order valence-corrected chi connectivity index (χ3v) is 4.85. The molecule has 0 aromatic heterocycles. The number of fused-ring (bicyclic) bond motifs is 1. The highest BCUT2D eigenvalue weighted by molar-refractivity contribution is 5.80. The van der Waals surface area contributed by atoms with Crippen LogP contribution in [0, 0.1) is 11.3 Å². The second-order valence-corrected chi connectivity index (χ2v) is 5.81. The average molecular weight is 268 g/mol. The first-order valence-corrected chi connectivity index (χ1v) is 6.98. The van der Waals surface area contributed by atoms with E-state index in [2.05, 4.69) is 0 Å². The Balaban J connectivity index is 1.71. The van der Waals surface area contributed by atoms with Gasteiger partial charge in [0.25, 0.3) is 0 Å². The number of nitrogens with zero attached hydrogens (tertiary/aromatic N) is 2. The molecule has 0 unspecified atom stereocenters. The molecule has 0 radical (unpaired) electrons. The van der Waals surface area contributed by atoms with Gasteiger partial charge in [0.1, 0.15) is 0 Å². The molecule has 0 spiro atoms. The molecule has 2 amide bonds. The van der Waals surface area contributed by atoms with Crippen LogP contribution in [0.15, 0.2) is 0 Å². The number of ether oxygens (including phenoxy) is 1. The minimum Gasteiger partial charge on any atom is -0.481 e. The molecule has 19 heavy (non-hydrogen) atoms. The molecule has 0 bridgehead atoms. The molecule has 3 fully saturated rings. The van der Waals surface area contributed by atoms with Crippen molar-refractivity contribution in [1.82, 2.24) is 9.80 Å². The number of carbonyl (C=O) groups excluding carboxylic acids is 1. The van der Waals surface area contributed by atoms with Crippen LogP contribution in [0.25, 0.3) is 0 Å². The minimum atomic E-state index is -0.729. The van der Waals surface area contributed by atoms with Crippen LogP contribution >= 0.6 is 0 Å². The summed E-state index contributed by atoms with van der Waals surface area (Å²) in [6.07, 6.45) is 2.61. The number of aliphatic carboxylic acids is 1. The summed E-state index contributed by atoms with van der Waals surface area (Å²) in [6, 6.07) is -0.0154. The van der Waals surface area contributed by atoms with E-state index in [1.165, 1.54) is 0 Å². The molecule has 0 aromatic carbocycles. The van der Waals surface area contributed by atoms with Gasteiger partial charge in [0.05, 0.1) is 18.6 Å². The standard InChI is InChI=1S/C13H20N2O4/c16-11(17)13-3-1-2-10(13)8-15(9-13)12(18)14-4-6-19-7-5-14/h10H,1-9H2,(H,16,17)/t10-,13+/m0/s1. The molecule has 1 aliphatic carbocycles. The molecule has 1 N–H and O–H groups in total. The van der Waals surface area contributed by atoms with Crippen molar-refractivity contribution in [3.05, 3.63) is 0 Å². The van der Waals surface area contributed by atoms with Gasteiger partial charge < -0.3 is 19.6 Å². The molecule has 3 rings (SSSR count). The number of carbonyl (C=O) groups is 2. The van der Waals surface area contributed by atoms with Crippen molar-refractivity contribution in [3.8, 4) is 0 Å². The van der Waals surface area contributed by atoms with Crippen molar-refractivity contribution in [2.75, 3.05) is 39.4 Å². The van der Waals surface area contributed by atoms with Crippen molar-refractivity contribution in [1.29, 1.82) is 0 Å². The lowest BCUT2D eigenvalue weighted by Crippen LogP contribution is -2.48. The number of amides is 2. The fourth-order valence-electron chi connectivity index (χ4n) is 3.74. The van der Waals surface area contributed by atoms with Gasteiger partial charge in [0, 0.05) is 26.2 Å². The Morgan fingerprint density at radius 2 is 1.95 bits per heavy atom. The summed E-state index contributed by atoms with van der Waals surface area (Å²) in [5.74, 6) is -0.595. The fourth-order valence-corrected chi connectivity index (χ4v) is 3.74. The van der Waals surface area contributed by atoms with Crippen molar-refractivity contribution in [2.24, 2.45) is 11.3 Å². The van der Waals surface area contributed by atoms with Crippen molar-refractivity contribution in [3.63, 3.8) is 0 Å². The number of hydrogen-bond donors (Lipinski definition) is 1. The SMILES string of the molecule is O=C(N1CCOCC1)N1C[C@@H]2CCC[C@@]2(C(=O)O)C1. The Kier molecular flexibility index (Phi) is 3.12. The number of rotatable bonds is 1. The van der Waals surface area contributed by atoms with Crippen LogP contribution in [0.2, 0.25) is 0 Å². The van der Waals surface area contributed by atoms with Crippen LogP contribution in [0.1, 0.15) is 19.3 Å². The van der Waals surface area contributed by atoms with Crippen molar-refractivity contribution < 1.29 is 19.4 Å². The highest BCUT2D eigenvalue weighted by Gasteiger charge is 2.56. The predicted molar refractivity (Wildman–Crippen MR) is 66.8 cm³/mol. The van der Waals surface area contributed by atoms with Crippen LogP contribution < -0.4 is 0 Å². The van der Waals surface area contributed by atoms with E-state index in [9.17, 15) is 14.7 Å². The van der Waals surface area contributed by atoms with Crippen LogP contribution in [0.4, 0.5) is 4.79 Å². The van der Waals surface area contributed by atoms with E-state index in [-0.39, 0.29) is 11.9 Å². The fraction of sp³-hybridized carbons (Fsp3) is 0.846. The van der Waals surface area contributed by atoms with Gasteiger partial charge in [-0.15, -0.1) is 0 Å². The topological polar surface area (TPSA) is 70.1 Å². The molecule has 2 heterocycles. The van der Waals surface area contributed by atoms with E-state index in [1.54, 1.807) is 9.80 Å². The Bertz CT molecular complexity index is 394. The largest absolute Gasteiger partial charge is 0.481 e. The second-order valence-electron chi connectivity index (χ2n) is 5.81. The average Bonchev–Trinajstić information content (AvgIpc) is 2.96. The zero-order valence-corrected chi connectivity index (χ0v) is 11.0. The predicted octanol–water partition coefficient (Wildman–Crippen LogP) is 0.625. The molecule has 3 aliphatic rings. The summed E-state index contributed by atoms with van der Waals surface area (Å²) in [7, 11) is 0. The number of carboxylic acid groups (broad SMARTS) is 1. The summed E-state index contributed by atoms with van der Waals surface area (Å²) < 4.78 is 5.24. The summed E-state index contributed by atoms with van der Waals surface area (Å²) in [5.41, 5.74) is -0.679. The smallest absolute Gasteiger partial charge is 0.320 e. The zero-order valence-electron chi connectivity index (χ0n) is 11.0. The summed E-state index contributed by atoms with van der Waals surface area (Å²) in [4.78, 5) is 27.5. The Hall–Kier alpha value is -1.30. The van der Waals surface area contributed by atoms with Crippen LogP contribution in [-0.4, -0.2) is 66.3 Å². The van der Waals surface area contributed by atoms with Gasteiger partial charge in [0.15, 0.2) is 0 Å². The first-order chi connectivity index (χ1) is 9.13. The molecular formula is C13H20N2O4. The zero-order chi connectivity index (χ0) is 13.5. The van der Waals surface area contributed by atoms with Gasteiger partial charge >= 0.3 is 12.0 Å². The molecule has 106 valence electrons. The van der Waals surface area contributed by atoms with Crippen LogP contribution in [0.3, 0.4) is 0 Å². The maximum Gasteiger partial charge on any atom is 0.320 e. The number of carboxylic acids is 1. The van der Waals surface area contributed by atoms with Gasteiger partial charge in [0.2, 0.25) is 0 Å². The summed E-state index contributed by atoms with van der Waals surface area (Å²) in [6.45, 7) is 3.35. The number of morpholine rings is 1. The second kappa shape index (κ2) is 4.67. The normalized spacial score (nSPS) is 34.4. The lowest BCUT2D eigenvalue weighted by molar-refractivity contribution is -0.149. The maximum absolute atomic E-state index is 12.4. The highest BCUT2D eigenvalue weighted by atomic mass is 16.5. The van der Waals surface area contributed by atoms with Gasteiger partial charge in [-0.1, -0.05) is 6.42 Å². The quantitative estimate of drug-likeness (QED) is 0.757. The molecule has 6 heteroatoms. The van der Waals surface area contributed by atoms with Crippen LogP contribution in [0.5, 0.6) is 0 Å². The van der Waals surface area contributed by atoms with Gasteiger partial charge in [-0.25, -0.2) is 4.79 Å². The van der Waals surface area contributed by atoms with Gasteiger partial charge in [-0.05, 0) is 18.8 Å². The van der Waals surface area contributed by atoms with Gasteiger partial charge in [-0.3, -0.25) is 4.79 Å². The van der Waals surface area contributed by atoms with E-state index in [0.717, 1.165) is 12.8 Å². The third-order valence-electron chi connectivity index (χ3n) is 4.85. The highest BCUT2D eigenvalue weighted by Crippen LogP contribution is 2.49. The number of hydrogen-bond acceptors (Lipinski definition) is 3. The molecule has 1 saturated carbocycles. The Morgan fingerprint density at radius 1 is 1.21 bits per heavy atom. The molecule has 6 nitrogen and oxygen atoms in total. The van der Waals surface area contributed by atoms with Gasteiger partial charge in [-0.2, -0.15) is 0 Å². The van der Waals surface area contributed by atoms with Crippen LogP contribution in [-0.2, 0) is 9.53 Å². The van der Waals surface area contributed by atoms with E-state index in [0.29, 0.717) is 45.8 Å². The molecule has 2 atom stereocenters. The van der Waals surface area contributed by atoms with E-state index >= 15 is 0 Å². The first kappa shape index (κ1) is 12.7. The first-order valence-electron chi connectivity index (χ1n) is 6.98. The minimum absolute atomic E-state index is 0.0154. The monoisotopic (exact) mass is 268 g/mol. The van der Waals surface area contributed by atoms with E-state index < -0.39 is 11.4 Å².